The van der Waals surface area contributed by atoms with Crippen LogP contribution in [-0.4, -0.2) is 76.6 Å². The molecule has 0 bridgehead atoms. The largest absolute Gasteiger partial charge is 0.494 e. The van der Waals surface area contributed by atoms with Gasteiger partial charge >= 0.3 is 0 Å². The maximum atomic E-state index is 13.3. The molecule has 2 saturated heterocycles. The van der Waals surface area contributed by atoms with Gasteiger partial charge in [0, 0.05) is 57.0 Å². The average molecular weight is 462 g/mol. The van der Waals surface area contributed by atoms with Crippen LogP contribution in [0.5, 0.6) is 5.75 Å². The van der Waals surface area contributed by atoms with Crippen molar-refractivity contribution in [1.82, 2.24) is 24.8 Å². The maximum absolute atomic E-state index is 13.3. The fourth-order valence-corrected chi connectivity index (χ4v) is 4.87. The standard InChI is InChI=1S/C25H31N7O2/c1-3-34-20-6-7-22-21(15-20)18(2)28-25(29-22)32-10-4-5-19(17-32)24(33)31-13-11-30(12-14-31)23-16-26-8-9-27-23/h6-9,15-16,19H,3-5,10-14,17H2,1-2H3. The highest BCUT2D eigenvalue weighted by Crippen LogP contribution is 2.27. The first-order chi connectivity index (χ1) is 16.6. The number of hydrogen-bond acceptors (Lipinski definition) is 8. The zero-order valence-electron chi connectivity index (χ0n) is 19.9. The Morgan fingerprint density at radius 1 is 1.09 bits per heavy atom. The summed E-state index contributed by atoms with van der Waals surface area (Å²) in [5.41, 5.74) is 1.83. The van der Waals surface area contributed by atoms with Crippen LogP contribution in [-0.2, 0) is 4.79 Å². The van der Waals surface area contributed by atoms with Gasteiger partial charge in [0.05, 0.1) is 29.9 Å². The maximum Gasteiger partial charge on any atom is 0.227 e. The van der Waals surface area contributed by atoms with Crippen molar-refractivity contribution in [2.24, 2.45) is 5.92 Å². The zero-order valence-corrected chi connectivity index (χ0v) is 19.9. The first-order valence-corrected chi connectivity index (χ1v) is 12.1. The minimum atomic E-state index is -0.0308. The van der Waals surface area contributed by atoms with E-state index >= 15 is 0 Å². The number of benzene rings is 1. The number of rotatable bonds is 5. The third-order valence-electron chi connectivity index (χ3n) is 6.68. The Labute approximate surface area is 199 Å². The fraction of sp³-hybridized carbons (Fsp3) is 0.480. The van der Waals surface area contributed by atoms with Gasteiger partial charge in [0.25, 0.3) is 0 Å². The van der Waals surface area contributed by atoms with Gasteiger partial charge in [0.15, 0.2) is 0 Å². The molecule has 0 spiro atoms. The lowest BCUT2D eigenvalue weighted by Crippen LogP contribution is -2.53. The van der Waals surface area contributed by atoms with Crippen molar-refractivity contribution in [2.75, 3.05) is 55.7 Å². The molecule has 1 atom stereocenters. The summed E-state index contributed by atoms with van der Waals surface area (Å²) in [6.07, 6.45) is 7.03. The molecule has 9 nitrogen and oxygen atoms in total. The topological polar surface area (TPSA) is 87.6 Å². The van der Waals surface area contributed by atoms with Crippen LogP contribution < -0.4 is 14.5 Å². The van der Waals surface area contributed by atoms with Crippen molar-refractivity contribution in [3.63, 3.8) is 0 Å². The van der Waals surface area contributed by atoms with Gasteiger partial charge in [-0.25, -0.2) is 15.0 Å². The quantitative estimate of drug-likeness (QED) is 0.573. The van der Waals surface area contributed by atoms with E-state index in [-0.39, 0.29) is 11.8 Å². The molecule has 34 heavy (non-hydrogen) atoms. The van der Waals surface area contributed by atoms with Crippen LogP contribution >= 0.6 is 0 Å². The van der Waals surface area contributed by atoms with E-state index in [1.165, 1.54) is 0 Å². The number of aryl methyl sites for hydroxylation is 1. The molecule has 3 aromatic rings. The number of aromatic nitrogens is 4. The Hall–Kier alpha value is -3.49. The first-order valence-electron chi connectivity index (χ1n) is 12.1. The van der Waals surface area contributed by atoms with Crippen LogP contribution in [0.1, 0.15) is 25.5 Å². The van der Waals surface area contributed by atoms with E-state index in [4.69, 9.17) is 14.7 Å². The Morgan fingerprint density at radius 2 is 1.94 bits per heavy atom. The summed E-state index contributed by atoms with van der Waals surface area (Å²) in [4.78, 5) is 37.9. The summed E-state index contributed by atoms with van der Waals surface area (Å²) in [7, 11) is 0. The summed E-state index contributed by atoms with van der Waals surface area (Å²) in [6.45, 7) is 9.10. The molecule has 1 aromatic carbocycles. The molecular weight excluding hydrogens is 430 g/mol. The number of fused-ring (bicyclic) bond motifs is 1. The Kier molecular flexibility index (Phi) is 6.42. The molecule has 2 aromatic heterocycles. The van der Waals surface area contributed by atoms with E-state index in [0.717, 1.165) is 60.6 Å². The molecule has 1 unspecified atom stereocenters. The van der Waals surface area contributed by atoms with Crippen molar-refractivity contribution < 1.29 is 9.53 Å². The van der Waals surface area contributed by atoms with Gasteiger partial charge in [0.1, 0.15) is 11.6 Å². The van der Waals surface area contributed by atoms with Crippen molar-refractivity contribution in [3.8, 4) is 5.75 Å². The number of ether oxygens (including phenoxy) is 1. The van der Waals surface area contributed by atoms with Crippen molar-refractivity contribution >= 4 is 28.6 Å². The summed E-state index contributed by atoms with van der Waals surface area (Å²) < 4.78 is 5.63. The third kappa shape index (κ3) is 4.60. The van der Waals surface area contributed by atoms with E-state index in [0.29, 0.717) is 32.2 Å². The second kappa shape index (κ2) is 9.79. The van der Waals surface area contributed by atoms with Crippen LogP contribution in [0.2, 0.25) is 0 Å². The third-order valence-corrected chi connectivity index (χ3v) is 6.68. The number of carbonyl (C=O) groups is 1. The second-order valence-corrected chi connectivity index (χ2v) is 8.88. The van der Waals surface area contributed by atoms with Crippen molar-refractivity contribution in [3.05, 3.63) is 42.5 Å². The number of hydrogen-bond donors (Lipinski definition) is 0. The minimum Gasteiger partial charge on any atom is -0.494 e. The fourth-order valence-electron chi connectivity index (χ4n) is 4.87. The molecule has 9 heteroatoms. The van der Waals surface area contributed by atoms with Gasteiger partial charge in [0.2, 0.25) is 11.9 Å². The molecule has 0 aliphatic carbocycles. The van der Waals surface area contributed by atoms with Gasteiger partial charge in [-0.1, -0.05) is 0 Å². The Balaban J connectivity index is 1.25. The van der Waals surface area contributed by atoms with Gasteiger partial charge in [-0.05, 0) is 44.9 Å². The number of carbonyl (C=O) groups excluding carboxylic acids is 1. The second-order valence-electron chi connectivity index (χ2n) is 8.88. The highest BCUT2D eigenvalue weighted by atomic mass is 16.5. The van der Waals surface area contributed by atoms with E-state index in [1.54, 1.807) is 18.6 Å². The summed E-state index contributed by atoms with van der Waals surface area (Å²) in [6, 6.07) is 5.94. The molecule has 2 fully saturated rings. The predicted octanol–water partition coefficient (Wildman–Crippen LogP) is 2.69. The van der Waals surface area contributed by atoms with E-state index in [2.05, 4.69) is 19.8 Å². The predicted molar refractivity (Wildman–Crippen MR) is 131 cm³/mol. The number of piperidine rings is 1. The van der Waals surface area contributed by atoms with Gasteiger partial charge in [-0.15, -0.1) is 0 Å². The molecule has 2 aliphatic rings. The van der Waals surface area contributed by atoms with Crippen LogP contribution in [0.15, 0.2) is 36.8 Å². The Bertz CT molecular complexity index is 1150. The SMILES string of the molecule is CCOc1ccc2nc(N3CCCC(C(=O)N4CCN(c5cnccn5)CC4)C3)nc(C)c2c1. The minimum absolute atomic E-state index is 0.0308. The first kappa shape index (κ1) is 22.3. The molecule has 0 saturated carbocycles. The van der Waals surface area contributed by atoms with Gasteiger partial charge < -0.3 is 19.4 Å². The van der Waals surface area contributed by atoms with Crippen LogP contribution in [0.4, 0.5) is 11.8 Å². The molecule has 4 heterocycles. The van der Waals surface area contributed by atoms with Crippen LogP contribution in [0.25, 0.3) is 10.9 Å². The van der Waals surface area contributed by atoms with E-state index in [9.17, 15) is 4.79 Å². The van der Waals surface area contributed by atoms with Gasteiger partial charge in [-0.2, -0.15) is 0 Å². The zero-order chi connectivity index (χ0) is 23.5. The lowest BCUT2D eigenvalue weighted by molar-refractivity contribution is -0.136. The lowest BCUT2D eigenvalue weighted by Gasteiger charge is -2.39. The van der Waals surface area contributed by atoms with E-state index in [1.807, 2.05) is 36.9 Å². The summed E-state index contributed by atoms with van der Waals surface area (Å²) in [5, 5.41) is 1.00. The molecule has 0 N–H and O–H groups in total. The highest BCUT2D eigenvalue weighted by Gasteiger charge is 2.32. The normalized spacial score (nSPS) is 18.9. The summed E-state index contributed by atoms with van der Waals surface area (Å²) >= 11 is 0. The molecular formula is C25H31N7O2. The summed E-state index contributed by atoms with van der Waals surface area (Å²) in [5.74, 6) is 2.62. The van der Waals surface area contributed by atoms with Crippen molar-refractivity contribution in [2.45, 2.75) is 26.7 Å². The van der Waals surface area contributed by atoms with Crippen LogP contribution in [0.3, 0.4) is 0 Å². The number of amides is 1. The Morgan fingerprint density at radius 3 is 2.71 bits per heavy atom. The molecule has 5 rings (SSSR count). The molecule has 2 aliphatic heterocycles. The molecule has 178 valence electrons. The van der Waals surface area contributed by atoms with Crippen LogP contribution in [0, 0.1) is 12.8 Å². The monoisotopic (exact) mass is 461 g/mol. The smallest absolute Gasteiger partial charge is 0.227 e. The number of anilines is 2. The molecule has 0 radical (unpaired) electrons. The van der Waals surface area contributed by atoms with Crippen molar-refractivity contribution in [1.29, 1.82) is 0 Å². The van der Waals surface area contributed by atoms with Gasteiger partial charge in [-0.3, -0.25) is 9.78 Å². The van der Waals surface area contributed by atoms with E-state index < -0.39 is 0 Å². The lowest BCUT2D eigenvalue weighted by atomic mass is 9.96. The highest BCUT2D eigenvalue weighted by molar-refractivity contribution is 5.84. The molecule has 1 amide bonds. The number of piperazine rings is 1. The number of nitrogens with zero attached hydrogens (tertiary/aromatic N) is 7. The average Bonchev–Trinajstić information content (AvgIpc) is 2.89.